The standard InChI is InChI=1S/C15H17ClN2S/c1-18-8-6-12(7-9-18)19-15-13-5-3-2-4-11(13)10-14(16)17-15/h2-5,10,12H,6-9H2,1H3. The number of aromatic nitrogens is 1. The minimum Gasteiger partial charge on any atom is -0.306 e. The summed E-state index contributed by atoms with van der Waals surface area (Å²) < 4.78 is 0. The molecule has 0 aliphatic carbocycles. The van der Waals surface area contributed by atoms with E-state index in [0.717, 1.165) is 5.03 Å². The zero-order valence-corrected chi connectivity index (χ0v) is 12.5. The summed E-state index contributed by atoms with van der Waals surface area (Å²) in [6.45, 7) is 2.35. The van der Waals surface area contributed by atoms with Crippen molar-refractivity contribution in [3.8, 4) is 0 Å². The maximum atomic E-state index is 6.13. The van der Waals surface area contributed by atoms with E-state index in [2.05, 4.69) is 35.1 Å². The van der Waals surface area contributed by atoms with Crippen molar-refractivity contribution in [3.05, 3.63) is 35.5 Å². The molecule has 0 unspecified atom stereocenters. The molecule has 2 nitrogen and oxygen atoms in total. The molecule has 1 fully saturated rings. The van der Waals surface area contributed by atoms with Crippen LogP contribution in [0.1, 0.15) is 12.8 Å². The summed E-state index contributed by atoms with van der Waals surface area (Å²) in [5.41, 5.74) is 0. The molecule has 1 saturated heterocycles. The lowest BCUT2D eigenvalue weighted by atomic mass is 10.1. The van der Waals surface area contributed by atoms with Gasteiger partial charge in [0.15, 0.2) is 0 Å². The molecule has 0 bridgehead atoms. The predicted octanol–water partition coefficient (Wildman–Crippen LogP) is 4.07. The van der Waals surface area contributed by atoms with Crippen LogP contribution >= 0.6 is 23.4 Å². The van der Waals surface area contributed by atoms with Crippen molar-refractivity contribution in [3.63, 3.8) is 0 Å². The van der Waals surface area contributed by atoms with Crippen molar-refractivity contribution >= 4 is 34.1 Å². The normalized spacial score (nSPS) is 18.0. The lowest BCUT2D eigenvalue weighted by Gasteiger charge is -2.28. The highest BCUT2D eigenvalue weighted by molar-refractivity contribution is 8.00. The van der Waals surface area contributed by atoms with Crippen LogP contribution in [0.15, 0.2) is 35.4 Å². The molecule has 3 rings (SSSR count). The number of pyridine rings is 1. The highest BCUT2D eigenvalue weighted by Crippen LogP contribution is 2.34. The van der Waals surface area contributed by atoms with E-state index in [4.69, 9.17) is 11.6 Å². The second-order valence-electron chi connectivity index (χ2n) is 5.09. The van der Waals surface area contributed by atoms with Gasteiger partial charge >= 0.3 is 0 Å². The second kappa shape index (κ2) is 5.70. The zero-order chi connectivity index (χ0) is 13.2. The quantitative estimate of drug-likeness (QED) is 0.776. The van der Waals surface area contributed by atoms with Gasteiger partial charge in [-0.15, -0.1) is 11.8 Å². The summed E-state index contributed by atoms with van der Waals surface area (Å²) in [6.07, 6.45) is 2.45. The molecule has 0 N–H and O–H groups in total. The fourth-order valence-electron chi connectivity index (χ4n) is 2.49. The van der Waals surface area contributed by atoms with Crippen molar-refractivity contribution in [1.29, 1.82) is 0 Å². The maximum absolute atomic E-state index is 6.13. The Kier molecular flexibility index (Phi) is 3.96. The van der Waals surface area contributed by atoms with Gasteiger partial charge in [-0.25, -0.2) is 4.98 Å². The third-order valence-electron chi connectivity index (χ3n) is 3.62. The van der Waals surface area contributed by atoms with Crippen LogP contribution in [0.5, 0.6) is 0 Å². The number of benzene rings is 1. The molecule has 4 heteroatoms. The Hall–Kier alpha value is -0.770. The van der Waals surface area contributed by atoms with E-state index in [9.17, 15) is 0 Å². The molecule has 1 aliphatic rings. The summed E-state index contributed by atoms with van der Waals surface area (Å²) in [5.74, 6) is 0. The van der Waals surface area contributed by atoms with Crippen LogP contribution in [0.3, 0.4) is 0 Å². The van der Waals surface area contributed by atoms with Gasteiger partial charge in [0.1, 0.15) is 10.2 Å². The van der Waals surface area contributed by atoms with Crippen molar-refractivity contribution in [2.45, 2.75) is 23.1 Å². The smallest absolute Gasteiger partial charge is 0.131 e. The fraction of sp³-hybridized carbons (Fsp3) is 0.400. The number of halogens is 1. The first-order valence-electron chi connectivity index (χ1n) is 6.63. The number of hydrogen-bond acceptors (Lipinski definition) is 3. The molecule has 1 aromatic heterocycles. The number of thioether (sulfide) groups is 1. The first-order valence-corrected chi connectivity index (χ1v) is 7.88. The summed E-state index contributed by atoms with van der Waals surface area (Å²) in [5, 5.41) is 4.73. The van der Waals surface area contributed by atoms with Gasteiger partial charge in [-0.05, 0) is 44.4 Å². The third-order valence-corrected chi connectivity index (χ3v) is 5.15. The van der Waals surface area contributed by atoms with Crippen LogP contribution in [0.4, 0.5) is 0 Å². The molecule has 1 aromatic carbocycles. The second-order valence-corrected chi connectivity index (χ2v) is 6.77. The molecule has 2 heterocycles. The Bertz CT molecular complexity index is 579. The molecular formula is C15H17ClN2S. The number of likely N-dealkylation sites (tertiary alicyclic amines) is 1. The van der Waals surface area contributed by atoms with Crippen molar-refractivity contribution in [2.24, 2.45) is 0 Å². The van der Waals surface area contributed by atoms with Gasteiger partial charge in [-0.3, -0.25) is 0 Å². The van der Waals surface area contributed by atoms with E-state index in [0.29, 0.717) is 10.4 Å². The van der Waals surface area contributed by atoms with E-state index in [1.807, 2.05) is 23.9 Å². The summed E-state index contributed by atoms with van der Waals surface area (Å²) in [7, 11) is 2.19. The number of nitrogens with zero attached hydrogens (tertiary/aromatic N) is 2. The van der Waals surface area contributed by atoms with Crippen LogP contribution in [0.2, 0.25) is 5.15 Å². The first-order chi connectivity index (χ1) is 9.22. The molecule has 0 saturated carbocycles. The lowest BCUT2D eigenvalue weighted by Crippen LogP contribution is -2.31. The summed E-state index contributed by atoms with van der Waals surface area (Å²) in [4.78, 5) is 6.92. The van der Waals surface area contributed by atoms with Crippen LogP contribution in [-0.2, 0) is 0 Å². The van der Waals surface area contributed by atoms with E-state index < -0.39 is 0 Å². The summed E-state index contributed by atoms with van der Waals surface area (Å²) >= 11 is 8.02. The number of piperidine rings is 1. The van der Waals surface area contributed by atoms with Gasteiger partial charge in [0, 0.05) is 10.6 Å². The van der Waals surface area contributed by atoms with Crippen LogP contribution in [0.25, 0.3) is 10.8 Å². The fourth-order valence-corrected chi connectivity index (χ4v) is 3.96. The van der Waals surface area contributed by atoms with E-state index in [1.165, 1.54) is 36.7 Å². The topological polar surface area (TPSA) is 16.1 Å². The third kappa shape index (κ3) is 3.04. The van der Waals surface area contributed by atoms with E-state index >= 15 is 0 Å². The lowest BCUT2D eigenvalue weighted by molar-refractivity contribution is 0.282. The SMILES string of the molecule is CN1CCC(Sc2nc(Cl)cc3ccccc23)CC1. The van der Waals surface area contributed by atoms with E-state index in [-0.39, 0.29) is 0 Å². The largest absolute Gasteiger partial charge is 0.306 e. The van der Waals surface area contributed by atoms with Gasteiger partial charge in [0.05, 0.1) is 0 Å². The highest BCUT2D eigenvalue weighted by atomic mass is 35.5. The molecule has 1 aliphatic heterocycles. The van der Waals surface area contributed by atoms with Gasteiger partial charge in [0.25, 0.3) is 0 Å². The average molecular weight is 293 g/mol. The minimum atomic E-state index is 0.592. The molecule has 2 aromatic rings. The van der Waals surface area contributed by atoms with Crippen molar-refractivity contribution < 1.29 is 0 Å². The zero-order valence-electron chi connectivity index (χ0n) is 11.0. The number of hydrogen-bond donors (Lipinski definition) is 0. The van der Waals surface area contributed by atoms with Crippen LogP contribution in [0, 0.1) is 0 Å². The number of rotatable bonds is 2. The van der Waals surface area contributed by atoms with Gasteiger partial charge in [-0.2, -0.15) is 0 Å². The Morgan fingerprint density at radius 2 is 2.00 bits per heavy atom. The van der Waals surface area contributed by atoms with Crippen LogP contribution in [-0.4, -0.2) is 35.3 Å². The monoisotopic (exact) mass is 292 g/mol. The molecule has 19 heavy (non-hydrogen) atoms. The van der Waals surface area contributed by atoms with E-state index in [1.54, 1.807) is 0 Å². The molecule has 0 amide bonds. The minimum absolute atomic E-state index is 0.592. The Morgan fingerprint density at radius 1 is 1.26 bits per heavy atom. The van der Waals surface area contributed by atoms with Gasteiger partial charge in [0.2, 0.25) is 0 Å². The average Bonchev–Trinajstić information content (AvgIpc) is 2.41. The highest BCUT2D eigenvalue weighted by Gasteiger charge is 2.19. The molecule has 100 valence electrons. The molecule has 0 spiro atoms. The Morgan fingerprint density at radius 3 is 2.79 bits per heavy atom. The maximum Gasteiger partial charge on any atom is 0.131 e. The molecule has 0 atom stereocenters. The van der Waals surface area contributed by atoms with Gasteiger partial charge < -0.3 is 4.90 Å². The van der Waals surface area contributed by atoms with Crippen molar-refractivity contribution in [2.75, 3.05) is 20.1 Å². The Balaban J connectivity index is 1.88. The Labute approximate surface area is 123 Å². The van der Waals surface area contributed by atoms with Crippen molar-refractivity contribution in [1.82, 2.24) is 9.88 Å². The molecular weight excluding hydrogens is 276 g/mol. The predicted molar refractivity (Wildman–Crippen MR) is 83.1 cm³/mol. The first kappa shape index (κ1) is 13.2. The molecule has 0 radical (unpaired) electrons. The van der Waals surface area contributed by atoms with Gasteiger partial charge in [-0.1, -0.05) is 35.9 Å². The summed E-state index contributed by atoms with van der Waals surface area (Å²) in [6, 6.07) is 10.3. The number of fused-ring (bicyclic) bond motifs is 1. The van der Waals surface area contributed by atoms with Crippen LogP contribution < -0.4 is 0 Å².